The number of rotatable bonds is 3. The smallest absolute Gasteiger partial charge is 0.346 e. The van der Waals surface area contributed by atoms with Crippen LogP contribution in [0.15, 0.2) is 17.1 Å². The van der Waals surface area contributed by atoms with Crippen molar-refractivity contribution < 1.29 is 9.84 Å². The van der Waals surface area contributed by atoms with E-state index in [0.29, 0.717) is 11.8 Å². The lowest BCUT2D eigenvalue weighted by molar-refractivity contribution is 0.0989. The van der Waals surface area contributed by atoms with Crippen molar-refractivity contribution in [1.29, 1.82) is 0 Å². The van der Waals surface area contributed by atoms with Gasteiger partial charge in [-0.1, -0.05) is 0 Å². The van der Waals surface area contributed by atoms with Crippen LogP contribution >= 0.6 is 11.8 Å². The first kappa shape index (κ1) is 10.5. The molecule has 1 atom stereocenters. The molecule has 0 amide bonds. The standard InChI is InChI=1S/C8H11N3O3S/c12-4-11(7-3-15-5-14-7)6-1-2-9-8(13)10-6/h1-2,7,12H,3-5H2,(H,9,10,13). The Bertz CT molecular complexity index is 377. The SMILES string of the molecule is O=c1nccc(N(CO)C2CSCO2)[nH]1. The molecule has 7 heteroatoms. The van der Waals surface area contributed by atoms with E-state index >= 15 is 0 Å². The molecule has 0 aliphatic carbocycles. The quantitative estimate of drug-likeness (QED) is 0.685. The first-order valence-corrected chi connectivity index (χ1v) is 5.59. The Balaban J connectivity index is 2.21. The Hall–Kier alpha value is -1.05. The number of aromatic amines is 1. The molecule has 2 heterocycles. The Labute approximate surface area is 90.3 Å². The summed E-state index contributed by atoms with van der Waals surface area (Å²) in [6.45, 7) is -0.203. The zero-order valence-corrected chi connectivity index (χ0v) is 8.74. The number of anilines is 1. The summed E-state index contributed by atoms with van der Waals surface area (Å²) in [4.78, 5) is 18.7. The molecule has 0 bridgehead atoms. The van der Waals surface area contributed by atoms with E-state index in [-0.39, 0.29) is 13.0 Å². The second-order valence-corrected chi connectivity index (χ2v) is 3.96. The highest BCUT2D eigenvalue weighted by Gasteiger charge is 2.24. The number of H-pyrrole nitrogens is 1. The summed E-state index contributed by atoms with van der Waals surface area (Å²) in [5.41, 5.74) is -0.434. The van der Waals surface area contributed by atoms with Crippen molar-refractivity contribution >= 4 is 17.6 Å². The molecular weight excluding hydrogens is 218 g/mol. The van der Waals surface area contributed by atoms with Crippen molar-refractivity contribution in [2.45, 2.75) is 6.23 Å². The molecule has 6 nitrogen and oxygen atoms in total. The van der Waals surface area contributed by atoms with E-state index in [1.165, 1.54) is 6.20 Å². The van der Waals surface area contributed by atoms with Crippen LogP contribution in [0.4, 0.5) is 5.82 Å². The molecule has 0 aromatic carbocycles. The average Bonchev–Trinajstić information content (AvgIpc) is 2.72. The Kier molecular flexibility index (Phi) is 3.24. The highest BCUT2D eigenvalue weighted by Crippen LogP contribution is 2.22. The van der Waals surface area contributed by atoms with Crippen LogP contribution in [0.5, 0.6) is 0 Å². The summed E-state index contributed by atoms with van der Waals surface area (Å²) in [5, 5.41) is 9.22. The molecular formula is C8H11N3O3S. The van der Waals surface area contributed by atoms with Crippen LogP contribution in [0.3, 0.4) is 0 Å². The number of hydrogen-bond acceptors (Lipinski definition) is 6. The Morgan fingerprint density at radius 3 is 3.27 bits per heavy atom. The Morgan fingerprint density at radius 1 is 1.80 bits per heavy atom. The van der Waals surface area contributed by atoms with Gasteiger partial charge in [0.1, 0.15) is 18.8 Å². The monoisotopic (exact) mass is 229 g/mol. The molecule has 2 N–H and O–H groups in total. The van der Waals surface area contributed by atoms with E-state index in [9.17, 15) is 9.90 Å². The van der Waals surface area contributed by atoms with E-state index in [1.54, 1.807) is 22.7 Å². The molecule has 82 valence electrons. The fourth-order valence-electron chi connectivity index (χ4n) is 1.35. The molecule has 0 saturated carbocycles. The van der Waals surface area contributed by atoms with Gasteiger partial charge >= 0.3 is 5.69 Å². The highest BCUT2D eigenvalue weighted by molar-refractivity contribution is 7.99. The first-order chi connectivity index (χ1) is 7.31. The fraction of sp³-hybridized carbons (Fsp3) is 0.500. The molecule has 0 spiro atoms. The summed E-state index contributed by atoms with van der Waals surface area (Å²) >= 11 is 1.64. The number of thioether (sulfide) groups is 1. The van der Waals surface area contributed by atoms with Gasteiger partial charge in [0.25, 0.3) is 0 Å². The second-order valence-electron chi connectivity index (χ2n) is 2.98. The number of nitrogens with one attached hydrogen (secondary N) is 1. The van der Waals surface area contributed by atoms with E-state index in [4.69, 9.17) is 4.74 Å². The van der Waals surface area contributed by atoms with Gasteiger partial charge in [-0.15, -0.1) is 11.8 Å². The van der Waals surface area contributed by atoms with Gasteiger partial charge in [0.05, 0.1) is 5.94 Å². The summed E-state index contributed by atoms with van der Waals surface area (Å²) in [5.74, 6) is 1.89. The third-order valence-electron chi connectivity index (χ3n) is 2.07. The number of ether oxygens (including phenoxy) is 1. The van der Waals surface area contributed by atoms with Gasteiger partial charge in [-0.25, -0.2) is 9.78 Å². The lowest BCUT2D eigenvalue weighted by atomic mass is 10.4. The average molecular weight is 229 g/mol. The number of nitrogens with zero attached hydrogens (tertiary/aromatic N) is 2. The zero-order chi connectivity index (χ0) is 10.7. The summed E-state index contributed by atoms with van der Waals surface area (Å²) in [7, 11) is 0. The van der Waals surface area contributed by atoms with Gasteiger partial charge in [0.15, 0.2) is 0 Å². The van der Waals surface area contributed by atoms with Gasteiger partial charge in [0.2, 0.25) is 0 Å². The van der Waals surface area contributed by atoms with Crippen molar-refractivity contribution in [3.05, 3.63) is 22.7 Å². The lowest BCUT2D eigenvalue weighted by Crippen LogP contribution is -2.38. The van der Waals surface area contributed by atoms with Gasteiger partial charge in [-0.3, -0.25) is 4.98 Å². The minimum Gasteiger partial charge on any atom is -0.376 e. The van der Waals surface area contributed by atoms with Crippen LogP contribution in [-0.2, 0) is 4.74 Å². The predicted molar refractivity (Wildman–Crippen MR) is 56.6 cm³/mol. The van der Waals surface area contributed by atoms with Gasteiger partial charge in [-0.05, 0) is 6.07 Å². The fourth-order valence-corrected chi connectivity index (χ4v) is 2.18. The number of hydrogen-bond donors (Lipinski definition) is 2. The van der Waals surface area contributed by atoms with Crippen LogP contribution < -0.4 is 10.6 Å². The first-order valence-electron chi connectivity index (χ1n) is 4.43. The molecule has 1 aromatic rings. The molecule has 1 fully saturated rings. The molecule has 2 rings (SSSR count). The van der Waals surface area contributed by atoms with Gasteiger partial charge in [-0.2, -0.15) is 0 Å². The zero-order valence-electron chi connectivity index (χ0n) is 7.92. The second kappa shape index (κ2) is 4.65. The van der Waals surface area contributed by atoms with Crippen molar-refractivity contribution in [3.8, 4) is 0 Å². The molecule has 1 saturated heterocycles. The molecule has 1 aromatic heterocycles. The normalized spacial score (nSPS) is 20.5. The van der Waals surface area contributed by atoms with Crippen LogP contribution in [0.2, 0.25) is 0 Å². The molecule has 1 unspecified atom stereocenters. The number of aromatic nitrogens is 2. The minimum atomic E-state index is -0.434. The molecule has 1 aliphatic rings. The lowest BCUT2D eigenvalue weighted by Gasteiger charge is -2.26. The van der Waals surface area contributed by atoms with Crippen molar-refractivity contribution in [1.82, 2.24) is 9.97 Å². The Morgan fingerprint density at radius 2 is 2.67 bits per heavy atom. The topological polar surface area (TPSA) is 78.5 Å². The number of aliphatic hydroxyl groups is 1. The maximum absolute atomic E-state index is 11.0. The van der Waals surface area contributed by atoms with Crippen LogP contribution in [-0.4, -0.2) is 39.7 Å². The van der Waals surface area contributed by atoms with Crippen LogP contribution in [0, 0.1) is 0 Å². The largest absolute Gasteiger partial charge is 0.376 e. The van der Waals surface area contributed by atoms with E-state index < -0.39 is 5.69 Å². The third kappa shape index (κ3) is 2.31. The minimum absolute atomic E-state index is 0.196. The third-order valence-corrected chi connectivity index (χ3v) is 2.90. The van der Waals surface area contributed by atoms with Crippen molar-refractivity contribution in [3.63, 3.8) is 0 Å². The van der Waals surface area contributed by atoms with Gasteiger partial charge in [0, 0.05) is 11.9 Å². The van der Waals surface area contributed by atoms with Crippen LogP contribution in [0.1, 0.15) is 0 Å². The highest BCUT2D eigenvalue weighted by atomic mass is 32.2. The summed E-state index contributed by atoms with van der Waals surface area (Å²) < 4.78 is 5.39. The summed E-state index contributed by atoms with van der Waals surface area (Å²) in [6.07, 6.45) is 1.21. The van der Waals surface area contributed by atoms with E-state index in [1.807, 2.05) is 0 Å². The molecule has 15 heavy (non-hydrogen) atoms. The van der Waals surface area contributed by atoms with E-state index in [2.05, 4.69) is 9.97 Å². The maximum atomic E-state index is 11.0. The number of aliphatic hydroxyl groups excluding tert-OH is 1. The molecule has 1 aliphatic heterocycles. The van der Waals surface area contributed by atoms with E-state index in [0.717, 1.165) is 5.75 Å². The van der Waals surface area contributed by atoms with Crippen molar-refractivity contribution in [2.75, 3.05) is 23.3 Å². The summed E-state index contributed by atoms with van der Waals surface area (Å²) in [6, 6.07) is 1.63. The maximum Gasteiger partial charge on any atom is 0.346 e. The predicted octanol–water partition coefficient (Wildman–Crippen LogP) is -0.427. The van der Waals surface area contributed by atoms with Gasteiger partial charge < -0.3 is 14.7 Å². The molecule has 0 radical (unpaired) electrons. The van der Waals surface area contributed by atoms with Crippen molar-refractivity contribution in [2.24, 2.45) is 0 Å². The van der Waals surface area contributed by atoms with Crippen LogP contribution in [0.25, 0.3) is 0 Å².